The van der Waals surface area contributed by atoms with Crippen molar-refractivity contribution < 1.29 is 4.42 Å². The van der Waals surface area contributed by atoms with Gasteiger partial charge in [-0.1, -0.05) is 146 Å². The quantitative estimate of drug-likeness (QED) is 0.175. The highest BCUT2D eigenvalue weighted by molar-refractivity contribution is 6.24. The van der Waals surface area contributed by atoms with E-state index >= 15 is 0 Å². The first-order valence-electron chi connectivity index (χ1n) is 17.1. The molecule has 50 heavy (non-hydrogen) atoms. The fraction of sp³-hybridized carbons (Fsp3) is 0. The second kappa shape index (κ2) is 11.5. The Labute approximate surface area is 290 Å². The molecule has 0 spiro atoms. The van der Waals surface area contributed by atoms with Crippen LogP contribution < -0.4 is 4.90 Å². The van der Waals surface area contributed by atoms with Crippen molar-refractivity contribution in [1.82, 2.24) is 0 Å². The summed E-state index contributed by atoms with van der Waals surface area (Å²) in [6, 6.07) is 67.5. The second-order valence-corrected chi connectivity index (χ2v) is 12.9. The molecule has 10 aromatic rings. The van der Waals surface area contributed by atoms with Crippen LogP contribution in [0.15, 0.2) is 192 Å². The average Bonchev–Trinajstić information content (AvgIpc) is 3.57. The lowest BCUT2D eigenvalue weighted by Gasteiger charge is -2.28. The number of rotatable bonds is 5. The van der Waals surface area contributed by atoms with Crippen LogP contribution >= 0.6 is 0 Å². The summed E-state index contributed by atoms with van der Waals surface area (Å²) in [7, 11) is 0. The van der Waals surface area contributed by atoms with Crippen LogP contribution in [0.25, 0.3) is 76.5 Å². The van der Waals surface area contributed by atoms with Gasteiger partial charge >= 0.3 is 0 Å². The molecule has 0 aliphatic heterocycles. The van der Waals surface area contributed by atoms with Crippen molar-refractivity contribution in [3.05, 3.63) is 188 Å². The van der Waals surface area contributed by atoms with Crippen molar-refractivity contribution in [2.45, 2.75) is 0 Å². The zero-order valence-electron chi connectivity index (χ0n) is 27.3. The predicted octanol–water partition coefficient (Wildman–Crippen LogP) is 13.8. The molecule has 0 unspecified atom stereocenters. The molecule has 0 amide bonds. The van der Waals surface area contributed by atoms with Crippen molar-refractivity contribution in [3.8, 4) is 22.3 Å². The van der Waals surface area contributed by atoms with E-state index in [1.165, 1.54) is 49.2 Å². The largest absolute Gasteiger partial charge is 0.454 e. The summed E-state index contributed by atoms with van der Waals surface area (Å²) in [4.78, 5) is 2.39. The van der Waals surface area contributed by atoms with Crippen LogP contribution in [-0.2, 0) is 0 Å². The molecule has 234 valence electrons. The van der Waals surface area contributed by atoms with Crippen LogP contribution in [0, 0.1) is 0 Å². The smallest absolute Gasteiger partial charge is 0.160 e. The van der Waals surface area contributed by atoms with Gasteiger partial charge in [0.2, 0.25) is 0 Å². The first-order chi connectivity index (χ1) is 24.8. The van der Waals surface area contributed by atoms with E-state index in [9.17, 15) is 0 Å². The van der Waals surface area contributed by atoms with Gasteiger partial charge in [-0.05, 0) is 91.6 Å². The number of nitrogens with zero attached hydrogens (tertiary/aromatic N) is 1. The van der Waals surface area contributed by atoms with Gasteiger partial charge in [-0.3, -0.25) is 0 Å². The SMILES string of the molecule is c1ccc(-c2ccc(N(c3ccc4cc(-c5ccccc5)ccc4c3)c3c4ccc5ccccc5c4cc4c3oc3ccccc34)cc2)cc1. The number of benzene rings is 9. The Bertz CT molecular complexity index is 2850. The minimum absolute atomic E-state index is 0.876. The topological polar surface area (TPSA) is 16.4 Å². The molecule has 1 heterocycles. The normalized spacial score (nSPS) is 11.6. The number of para-hydroxylation sites is 1. The lowest BCUT2D eigenvalue weighted by molar-refractivity contribution is 0.669. The van der Waals surface area contributed by atoms with Crippen LogP contribution in [0.3, 0.4) is 0 Å². The highest BCUT2D eigenvalue weighted by Gasteiger charge is 2.24. The van der Waals surface area contributed by atoms with Crippen molar-refractivity contribution in [2.24, 2.45) is 0 Å². The molecule has 0 aliphatic carbocycles. The van der Waals surface area contributed by atoms with E-state index in [4.69, 9.17) is 4.42 Å². The van der Waals surface area contributed by atoms with Crippen LogP contribution in [-0.4, -0.2) is 0 Å². The van der Waals surface area contributed by atoms with Gasteiger partial charge in [-0.2, -0.15) is 0 Å². The summed E-state index contributed by atoms with van der Waals surface area (Å²) in [5.41, 5.74) is 9.73. The van der Waals surface area contributed by atoms with E-state index in [-0.39, 0.29) is 0 Å². The molecule has 0 radical (unpaired) electrons. The Morgan fingerprint density at radius 3 is 1.70 bits per heavy atom. The third kappa shape index (κ3) is 4.65. The Morgan fingerprint density at radius 2 is 0.900 bits per heavy atom. The summed E-state index contributed by atoms with van der Waals surface area (Å²) in [5.74, 6) is 0. The van der Waals surface area contributed by atoms with Gasteiger partial charge in [0.05, 0.1) is 5.69 Å². The molecule has 0 bridgehead atoms. The lowest BCUT2D eigenvalue weighted by atomic mass is 9.96. The van der Waals surface area contributed by atoms with E-state index in [0.29, 0.717) is 0 Å². The van der Waals surface area contributed by atoms with Gasteiger partial charge in [-0.15, -0.1) is 0 Å². The minimum Gasteiger partial charge on any atom is -0.454 e. The fourth-order valence-corrected chi connectivity index (χ4v) is 7.55. The summed E-state index contributed by atoms with van der Waals surface area (Å²) < 4.78 is 6.83. The summed E-state index contributed by atoms with van der Waals surface area (Å²) in [6.45, 7) is 0. The molecular weight excluding hydrogens is 607 g/mol. The zero-order chi connectivity index (χ0) is 33.0. The van der Waals surface area contributed by atoms with Gasteiger partial charge in [-0.25, -0.2) is 0 Å². The Kier molecular flexibility index (Phi) is 6.53. The lowest BCUT2D eigenvalue weighted by Crippen LogP contribution is -2.11. The van der Waals surface area contributed by atoms with E-state index in [0.717, 1.165) is 44.4 Å². The summed E-state index contributed by atoms with van der Waals surface area (Å²) in [6.07, 6.45) is 0. The van der Waals surface area contributed by atoms with Gasteiger partial charge in [0, 0.05) is 27.5 Å². The molecule has 0 N–H and O–H groups in total. The predicted molar refractivity (Wildman–Crippen MR) is 212 cm³/mol. The van der Waals surface area contributed by atoms with Crippen molar-refractivity contribution in [2.75, 3.05) is 4.90 Å². The van der Waals surface area contributed by atoms with Crippen molar-refractivity contribution in [1.29, 1.82) is 0 Å². The second-order valence-electron chi connectivity index (χ2n) is 12.9. The third-order valence-corrected chi connectivity index (χ3v) is 10.0. The van der Waals surface area contributed by atoms with Crippen LogP contribution in [0.4, 0.5) is 17.1 Å². The molecule has 0 saturated carbocycles. The molecule has 0 fully saturated rings. The summed E-state index contributed by atoms with van der Waals surface area (Å²) >= 11 is 0. The highest BCUT2D eigenvalue weighted by Crippen LogP contribution is 2.48. The van der Waals surface area contributed by atoms with Crippen LogP contribution in [0.1, 0.15) is 0 Å². The number of furan rings is 1. The van der Waals surface area contributed by atoms with Crippen LogP contribution in [0.2, 0.25) is 0 Å². The first-order valence-corrected chi connectivity index (χ1v) is 17.1. The van der Waals surface area contributed by atoms with E-state index in [2.05, 4.69) is 187 Å². The van der Waals surface area contributed by atoms with E-state index in [1.54, 1.807) is 0 Å². The monoisotopic (exact) mass is 637 g/mol. The molecule has 0 saturated heterocycles. The summed E-state index contributed by atoms with van der Waals surface area (Å²) in [5, 5.41) is 9.40. The van der Waals surface area contributed by atoms with Gasteiger partial charge in [0.15, 0.2) is 5.58 Å². The zero-order valence-corrected chi connectivity index (χ0v) is 27.3. The fourth-order valence-electron chi connectivity index (χ4n) is 7.55. The standard InChI is InChI=1S/C48H31NO/c1-3-11-32(12-4-1)34-21-25-39(26-22-34)49(40-27-23-37-29-36(19-20-38(37)30-40)33-13-5-2-6-14-33)47-43-28-24-35-15-7-8-16-41(35)44(43)31-45-42-17-9-10-18-46(42)50-48(45)47/h1-31H. The van der Waals surface area contributed by atoms with Gasteiger partial charge < -0.3 is 9.32 Å². The Hall–Kier alpha value is -6.64. The maximum absolute atomic E-state index is 6.83. The van der Waals surface area contributed by atoms with Crippen molar-refractivity contribution in [3.63, 3.8) is 0 Å². The number of anilines is 3. The first kappa shape index (κ1) is 28.4. The molecule has 0 atom stereocenters. The van der Waals surface area contributed by atoms with E-state index in [1.807, 2.05) is 6.07 Å². The molecule has 2 heteroatoms. The number of hydrogen-bond donors (Lipinski definition) is 0. The molecule has 9 aromatic carbocycles. The Morgan fingerprint density at radius 1 is 0.320 bits per heavy atom. The molecule has 2 nitrogen and oxygen atoms in total. The molecule has 1 aromatic heterocycles. The molecular formula is C48H31NO. The van der Waals surface area contributed by atoms with Gasteiger partial charge in [0.1, 0.15) is 5.58 Å². The molecule has 0 aliphatic rings. The average molecular weight is 638 g/mol. The van der Waals surface area contributed by atoms with Crippen molar-refractivity contribution >= 4 is 71.3 Å². The Balaban J connectivity index is 1.26. The van der Waals surface area contributed by atoms with Crippen LogP contribution in [0.5, 0.6) is 0 Å². The maximum atomic E-state index is 6.83. The molecule has 10 rings (SSSR count). The van der Waals surface area contributed by atoms with Gasteiger partial charge in [0.25, 0.3) is 0 Å². The maximum Gasteiger partial charge on any atom is 0.160 e. The number of fused-ring (bicyclic) bond motifs is 7. The number of hydrogen-bond acceptors (Lipinski definition) is 2. The minimum atomic E-state index is 0.876. The van der Waals surface area contributed by atoms with E-state index < -0.39 is 0 Å². The highest BCUT2D eigenvalue weighted by atomic mass is 16.3. The third-order valence-electron chi connectivity index (χ3n) is 10.0.